The molecule has 2 aromatic carbocycles. The number of anilines is 1. The summed E-state index contributed by atoms with van der Waals surface area (Å²) in [5.41, 5.74) is 1.62. The third kappa shape index (κ3) is 4.75. The second-order valence-electron chi connectivity index (χ2n) is 8.46. The standard InChI is InChI=1S/C23H29NO5S2/c1-29-22-11-9-20(10-12-22)24(21-15-16-30(25,26)17-21)31(27,28)23-13-7-19(8-14-23)18-5-3-2-4-6-18/h7-14,18,21H,2-6,15-17H2,1H3/t21-/m1/s1. The maximum absolute atomic E-state index is 13.7. The molecular formula is C23H29NO5S2. The van der Waals surface area contributed by atoms with Gasteiger partial charge in [-0.2, -0.15) is 0 Å². The number of sulfone groups is 1. The molecule has 0 radical (unpaired) electrons. The van der Waals surface area contributed by atoms with Crippen molar-refractivity contribution in [3.8, 4) is 5.75 Å². The van der Waals surface area contributed by atoms with Crippen molar-refractivity contribution >= 4 is 25.5 Å². The maximum Gasteiger partial charge on any atom is 0.264 e. The summed E-state index contributed by atoms with van der Waals surface area (Å²) in [6.07, 6.45) is 6.27. The molecule has 1 heterocycles. The van der Waals surface area contributed by atoms with Crippen molar-refractivity contribution in [2.75, 3.05) is 22.9 Å². The van der Waals surface area contributed by atoms with Crippen LogP contribution in [-0.4, -0.2) is 41.5 Å². The predicted octanol–water partition coefficient (Wildman–Crippen LogP) is 4.13. The lowest BCUT2D eigenvalue weighted by Crippen LogP contribution is -2.41. The van der Waals surface area contributed by atoms with Gasteiger partial charge in [0.1, 0.15) is 5.75 Å². The molecule has 2 aliphatic rings. The smallest absolute Gasteiger partial charge is 0.264 e. The highest BCUT2D eigenvalue weighted by Crippen LogP contribution is 2.35. The fraction of sp³-hybridized carbons (Fsp3) is 0.478. The number of methoxy groups -OCH3 is 1. The number of ether oxygens (including phenoxy) is 1. The van der Waals surface area contributed by atoms with Crippen LogP contribution < -0.4 is 9.04 Å². The molecule has 31 heavy (non-hydrogen) atoms. The molecule has 0 aromatic heterocycles. The van der Waals surface area contributed by atoms with Crippen LogP contribution in [0, 0.1) is 0 Å². The van der Waals surface area contributed by atoms with E-state index in [0.29, 0.717) is 17.4 Å². The zero-order chi connectivity index (χ0) is 22.1. The normalized spacial score (nSPS) is 21.6. The molecule has 168 valence electrons. The third-order valence-electron chi connectivity index (χ3n) is 6.38. The van der Waals surface area contributed by atoms with Crippen LogP contribution in [0.25, 0.3) is 0 Å². The second kappa shape index (κ2) is 8.82. The van der Waals surface area contributed by atoms with E-state index in [9.17, 15) is 16.8 Å². The molecule has 1 saturated heterocycles. The topological polar surface area (TPSA) is 80.8 Å². The quantitative estimate of drug-likeness (QED) is 0.644. The zero-order valence-corrected chi connectivity index (χ0v) is 19.4. The SMILES string of the molecule is COc1ccc(N([C@@H]2CCS(=O)(=O)C2)S(=O)(=O)c2ccc(C3CCCCC3)cc2)cc1. The molecule has 2 aromatic rings. The Kier molecular flexibility index (Phi) is 6.30. The van der Waals surface area contributed by atoms with E-state index in [4.69, 9.17) is 4.74 Å². The minimum Gasteiger partial charge on any atom is -0.497 e. The van der Waals surface area contributed by atoms with Crippen molar-refractivity contribution in [1.29, 1.82) is 0 Å². The molecule has 0 amide bonds. The molecule has 0 unspecified atom stereocenters. The van der Waals surface area contributed by atoms with Gasteiger partial charge in [0.05, 0.1) is 35.2 Å². The van der Waals surface area contributed by atoms with E-state index in [-0.39, 0.29) is 22.8 Å². The van der Waals surface area contributed by atoms with Crippen molar-refractivity contribution in [3.05, 3.63) is 54.1 Å². The van der Waals surface area contributed by atoms with E-state index in [1.54, 1.807) is 43.5 Å². The van der Waals surface area contributed by atoms with Gasteiger partial charge in [0.25, 0.3) is 10.0 Å². The fourth-order valence-corrected chi connectivity index (χ4v) is 8.17. The van der Waals surface area contributed by atoms with Crippen LogP contribution in [-0.2, 0) is 19.9 Å². The summed E-state index contributed by atoms with van der Waals surface area (Å²) in [5.74, 6) is 0.930. The van der Waals surface area contributed by atoms with Crippen LogP contribution in [0.5, 0.6) is 5.75 Å². The second-order valence-corrected chi connectivity index (χ2v) is 12.5. The average molecular weight is 464 g/mol. The predicted molar refractivity (Wildman–Crippen MR) is 122 cm³/mol. The Balaban J connectivity index is 1.68. The molecule has 0 bridgehead atoms. The molecule has 6 nitrogen and oxygen atoms in total. The largest absolute Gasteiger partial charge is 0.497 e. The fourth-order valence-electron chi connectivity index (χ4n) is 4.70. The van der Waals surface area contributed by atoms with Gasteiger partial charge in [0, 0.05) is 0 Å². The number of rotatable bonds is 6. The van der Waals surface area contributed by atoms with Crippen molar-refractivity contribution in [2.24, 2.45) is 0 Å². The van der Waals surface area contributed by atoms with E-state index >= 15 is 0 Å². The Morgan fingerprint density at radius 3 is 2.10 bits per heavy atom. The van der Waals surface area contributed by atoms with E-state index < -0.39 is 25.9 Å². The lowest BCUT2D eigenvalue weighted by atomic mass is 9.84. The van der Waals surface area contributed by atoms with E-state index in [2.05, 4.69) is 0 Å². The highest BCUT2D eigenvalue weighted by molar-refractivity contribution is 7.93. The molecule has 0 N–H and O–H groups in total. The van der Waals surface area contributed by atoms with Crippen LogP contribution in [0.4, 0.5) is 5.69 Å². The van der Waals surface area contributed by atoms with Crippen LogP contribution >= 0.6 is 0 Å². The first-order chi connectivity index (χ1) is 14.8. The Hall–Kier alpha value is -2.06. The highest BCUT2D eigenvalue weighted by atomic mass is 32.2. The van der Waals surface area contributed by atoms with Crippen molar-refractivity contribution < 1.29 is 21.6 Å². The lowest BCUT2D eigenvalue weighted by Gasteiger charge is -2.30. The monoisotopic (exact) mass is 463 g/mol. The summed E-state index contributed by atoms with van der Waals surface area (Å²) in [4.78, 5) is 0.187. The molecule has 2 fully saturated rings. The minimum atomic E-state index is -3.93. The Morgan fingerprint density at radius 2 is 1.55 bits per heavy atom. The third-order valence-corrected chi connectivity index (χ3v) is 10.0. The van der Waals surface area contributed by atoms with Crippen LogP contribution in [0.2, 0.25) is 0 Å². The van der Waals surface area contributed by atoms with E-state index in [1.807, 2.05) is 12.1 Å². The summed E-state index contributed by atoms with van der Waals surface area (Å²) >= 11 is 0. The van der Waals surface area contributed by atoms with Gasteiger partial charge in [-0.05, 0) is 67.1 Å². The van der Waals surface area contributed by atoms with Gasteiger partial charge in [-0.15, -0.1) is 0 Å². The first-order valence-corrected chi connectivity index (χ1v) is 14.1. The van der Waals surface area contributed by atoms with Gasteiger partial charge in [-0.1, -0.05) is 31.4 Å². The van der Waals surface area contributed by atoms with Gasteiger partial charge in [-0.25, -0.2) is 16.8 Å². The Morgan fingerprint density at radius 1 is 0.903 bits per heavy atom. The lowest BCUT2D eigenvalue weighted by molar-refractivity contribution is 0.415. The summed E-state index contributed by atoms with van der Waals surface area (Å²) in [5, 5.41) is 0. The molecule has 1 aliphatic carbocycles. The zero-order valence-electron chi connectivity index (χ0n) is 17.7. The number of benzene rings is 2. The van der Waals surface area contributed by atoms with Crippen molar-refractivity contribution in [1.82, 2.24) is 0 Å². The van der Waals surface area contributed by atoms with Gasteiger partial charge in [0.2, 0.25) is 0 Å². The van der Waals surface area contributed by atoms with Crippen LogP contribution in [0.3, 0.4) is 0 Å². The molecule has 4 rings (SSSR count). The number of sulfonamides is 1. The molecule has 1 saturated carbocycles. The van der Waals surface area contributed by atoms with Crippen molar-refractivity contribution in [3.63, 3.8) is 0 Å². The number of nitrogens with zero attached hydrogens (tertiary/aromatic N) is 1. The van der Waals surface area contributed by atoms with E-state index in [1.165, 1.54) is 29.1 Å². The number of hydrogen-bond donors (Lipinski definition) is 0. The molecule has 8 heteroatoms. The summed E-state index contributed by atoms with van der Waals surface area (Å²) in [7, 11) is -5.64. The number of hydrogen-bond acceptors (Lipinski definition) is 5. The average Bonchev–Trinajstić information content (AvgIpc) is 3.14. The van der Waals surface area contributed by atoms with Crippen molar-refractivity contribution in [2.45, 2.75) is 55.4 Å². The van der Waals surface area contributed by atoms with Crippen LogP contribution in [0.15, 0.2) is 53.4 Å². The van der Waals surface area contributed by atoms with Gasteiger partial charge in [-0.3, -0.25) is 4.31 Å². The Bertz CT molecular complexity index is 1100. The minimum absolute atomic E-state index is 0.000456. The summed E-state index contributed by atoms with van der Waals surface area (Å²) in [6.45, 7) is 0. The highest BCUT2D eigenvalue weighted by Gasteiger charge is 2.39. The summed E-state index contributed by atoms with van der Waals surface area (Å²) in [6, 6.07) is 13.2. The molecule has 1 atom stereocenters. The molecule has 0 spiro atoms. The van der Waals surface area contributed by atoms with Crippen LogP contribution in [0.1, 0.15) is 50.0 Å². The van der Waals surface area contributed by atoms with Gasteiger partial charge < -0.3 is 4.74 Å². The first kappa shape index (κ1) is 22.1. The van der Waals surface area contributed by atoms with E-state index in [0.717, 1.165) is 12.8 Å². The maximum atomic E-state index is 13.7. The first-order valence-electron chi connectivity index (χ1n) is 10.8. The van der Waals surface area contributed by atoms with Gasteiger partial charge >= 0.3 is 0 Å². The summed E-state index contributed by atoms with van der Waals surface area (Å²) < 4.78 is 58.1. The van der Waals surface area contributed by atoms with Gasteiger partial charge in [0.15, 0.2) is 9.84 Å². The molecule has 1 aliphatic heterocycles. The molecular weight excluding hydrogens is 434 g/mol. The Labute approximate surface area is 185 Å².